The van der Waals surface area contributed by atoms with Crippen molar-refractivity contribution in [3.63, 3.8) is 0 Å². The summed E-state index contributed by atoms with van der Waals surface area (Å²) >= 11 is 0.102. The molecule has 0 amide bonds. The Kier molecular flexibility index (Phi) is 7.39. The van der Waals surface area contributed by atoms with Gasteiger partial charge in [-0.25, -0.2) is 0 Å². The van der Waals surface area contributed by atoms with Gasteiger partial charge in [0.1, 0.15) is 0 Å². The Morgan fingerprint density at radius 1 is 0.283 bits per heavy atom. The van der Waals surface area contributed by atoms with Gasteiger partial charge in [0, 0.05) is 0 Å². The van der Waals surface area contributed by atoms with Crippen molar-refractivity contribution < 1.29 is 4.42 Å². The number of hydrogen-bond donors (Lipinski definition) is 0. The molecule has 2 heteroatoms. The molecule has 0 N–H and O–H groups in total. The summed E-state index contributed by atoms with van der Waals surface area (Å²) in [5.41, 5.74) is 12.0. The monoisotopic (exact) mass is 826 g/mol. The first-order chi connectivity index (χ1) is 29.8. The standard InChI is InChI=1S/C58H34OSe/c1-2-16-35(17-3-1)53-39-19-4-10-25-45(39)56(46-26-11-5-20-40(46)53)48-28-14-29-49-57-47(27-15-31-52(57)60-58(48)49)55-43-23-8-6-21-41(43)54(42-22-7-9-24-44(42)55)36-32-33-38-37-18-12-13-30-50(37)59-51(38)34-36/h1-34H. The van der Waals surface area contributed by atoms with Gasteiger partial charge in [-0.05, 0) is 6.07 Å². The van der Waals surface area contributed by atoms with Crippen LogP contribution >= 0.6 is 0 Å². The minimum atomic E-state index is 0.102. The molecule has 278 valence electrons. The fourth-order valence-electron chi connectivity index (χ4n) is 10.2. The zero-order chi connectivity index (χ0) is 39.3. The normalized spacial score (nSPS) is 12.0. The first-order valence-electron chi connectivity index (χ1n) is 20.6. The number of hydrogen-bond acceptors (Lipinski definition) is 1. The summed E-state index contributed by atoms with van der Waals surface area (Å²) in [7, 11) is 0. The van der Waals surface area contributed by atoms with E-state index in [1.54, 1.807) is 0 Å². The van der Waals surface area contributed by atoms with E-state index >= 15 is 0 Å². The maximum atomic E-state index is 6.43. The van der Waals surface area contributed by atoms with Crippen LogP contribution in [0, 0.1) is 0 Å². The minimum absolute atomic E-state index is 0.102. The van der Waals surface area contributed by atoms with E-state index in [1.165, 1.54) is 101 Å². The molecular formula is C58H34OSe. The molecule has 0 unspecified atom stereocenters. The van der Waals surface area contributed by atoms with Crippen LogP contribution in [0.25, 0.3) is 129 Å². The van der Waals surface area contributed by atoms with Gasteiger partial charge in [-0.3, -0.25) is 0 Å². The Morgan fingerprint density at radius 3 is 1.35 bits per heavy atom. The molecule has 0 bridgehead atoms. The number of furan rings is 1. The predicted molar refractivity (Wildman–Crippen MR) is 257 cm³/mol. The summed E-state index contributed by atoms with van der Waals surface area (Å²) in [5, 5.41) is 15.2. The summed E-state index contributed by atoms with van der Waals surface area (Å²) in [4.78, 5) is 0. The molecule has 0 saturated carbocycles. The van der Waals surface area contributed by atoms with Crippen LogP contribution in [-0.2, 0) is 0 Å². The second-order valence-corrected chi connectivity index (χ2v) is 18.0. The topological polar surface area (TPSA) is 13.1 Å². The number of para-hydroxylation sites is 1. The zero-order valence-electron chi connectivity index (χ0n) is 32.4. The maximum absolute atomic E-state index is 6.43. The molecule has 0 spiro atoms. The van der Waals surface area contributed by atoms with Gasteiger partial charge in [0.25, 0.3) is 0 Å². The molecule has 11 aromatic carbocycles. The van der Waals surface area contributed by atoms with Crippen molar-refractivity contribution in [1.82, 2.24) is 0 Å². The number of fused-ring (bicyclic) bond motifs is 10. The summed E-state index contributed by atoms with van der Waals surface area (Å²) in [6, 6.07) is 76.1. The van der Waals surface area contributed by atoms with Crippen molar-refractivity contribution in [3.8, 4) is 44.5 Å². The fourth-order valence-corrected chi connectivity index (χ4v) is 12.8. The third kappa shape index (κ3) is 4.87. The molecule has 2 aromatic heterocycles. The van der Waals surface area contributed by atoms with Crippen molar-refractivity contribution in [2.75, 3.05) is 0 Å². The van der Waals surface area contributed by atoms with Gasteiger partial charge in [-0.2, -0.15) is 0 Å². The molecule has 0 aliphatic heterocycles. The van der Waals surface area contributed by atoms with Crippen LogP contribution in [0.5, 0.6) is 0 Å². The van der Waals surface area contributed by atoms with Crippen LogP contribution in [0.15, 0.2) is 211 Å². The summed E-state index contributed by atoms with van der Waals surface area (Å²) in [5.74, 6) is 0. The van der Waals surface area contributed by atoms with Crippen LogP contribution in [0.4, 0.5) is 0 Å². The molecule has 2 heterocycles. The molecule has 0 aliphatic rings. The number of rotatable bonds is 4. The molecule has 0 saturated heterocycles. The second kappa shape index (κ2) is 13.1. The summed E-state index contributed by atoms with van der Waals surface area (Å²) in [6.07, 6.45) is 0. The average molecular weight is 826 g/mol. The van der Waals surface area contributed by atoms with E-state index in [-0.39, 0.29) is 14.5 Å². The second-order valence-electron chi connectivity index (χ2n) is 15.8. The molecule has 0 atom stereocenters. The Bertz CT molecular complexity index is 3770. The van der Waals surface area contributed by atoms with E-state index < -0.39 is 0 Å². The van der Waals surface area contributed by atoms with Crippen molar-refractivity contribution in [2.24, 2.45) is 0 Å². The van der Waals surface area contributed by atoms with E-state index in [1.807, 2.05) is 6.07 Å². The molecule has 13 aromatic rings. The third-order valence-electron chi connectivity index (χ3n) is 12.7. The van der Waals surface area contributed by atoms with E-state index in [0.29, 0.717) is 0 Å². The van der Waals surface area contributed by atoms with Crippen molar-refractivity contribution in [2.45, 2.75) is 0 Å². The molecule has 13 rings (SSSR count). The van der Waals surface area contributed by atoms with Crippen molar-refractivity contribution >= 4 is 98.8 Å². The van der Waals surface area contributed by atoms with Crippen molar-refractivity contribution in [3.05, 3.63) is 206 Å². The molecule has 60 heavy (non-hydrogen) atoms. The Hall–Kier alpha value is -7.22. The van der Waals surface area contributed by atoms with Gasteiger partial charge < -0.3 is 0 Å². The molecular weight excluding hydrogens is 792 g/mol. The Labute approximate surface area is 352 Å². The Balaban J connectivity index is 1.09. The first kappa shape index (κ1) is 33.7. The van der Waals surface area contributed by atoms with E-state index in [4.69, 9.17) is 4.42 Å². The van der Waals surface area contributed by atoms with Crippen molar-refractivity contribution in [1.29, 1.82) is 0 Å². The van der Waals surface area contributed by atoms with Gasteiger partial charge in [-0.15, -0.1) is 0 Å². The van der Waals surface area contributed by atoms with E-state index in [0.717, 1.165) is 27.5 Å². The number of benzene rings is 11. The zero-order valence-corrected chi connectivity index (χ0v) is 34.2. The summed E-state index contributed by atoms with van der Waals surface area (Å²) < 4.78 is 9.32. The predicted octanol–water partition coefficient (Wildman–Crippen LogP) is 16.2. The van der Waals surface area contributed by atoms with E-state index in [2.05, 4.69) is 200 Å². The van der Waals surface area contributed by atoms with Gasteiger partial charge in [0.05, 0.1) is 0 Å². The fraction of sp³-hybridized carbons (Fsp3) is 0. The van der Waals surface area contributed by atoms with Crippen LogP contribution in [0.2, 0.25) is 0 Å². The molecule has 1 nitrogen and oxygen atoms in total. The summed E-state index contributed by atoms with van der Waals surface area (Å²) in [6.45, 7) is 0. The quantitative estimate of drug-likeness (QED) is 0.127. The van der Waals surface area contributed by atoms with Gasteiger partial charge in [-0.1, -0.05) is 18.2 Å². The van der Waals surface area contributed by atoms with E-state index in [9.17, 15) is 0 Å². The van der Waals surface area contributed by atoms with Gasteiger partial charge in [0.2, 0.25) is 0 Å². The first-order valence-corrected chi connectivity index (χ1v) is 22.3. The van der Waals surface area contributed by atoms with Crippen LogP contribution in [0.1, 0.15) is 0 Å². The molecule has 0 radical (unpaired) electrons. The average Bonchev–Trinajstić information content (AvgIpc) is 3.89. The SMILES string of the molecule is c1ccc(-c2c3ccccc3c(-c3cccc4c3[se]c3cccc(-c5c6ccccc6c(-c6ccc7c(c6)oc6ccccc67)c6ccccc56)c34)c3ccccc23)cc1. The molecule has 0 fully saturated rings. The van der Waals surface area contributed by atoms with Gasteiger partial charge in [0.15, 0.2) is 0 Å². The van der Waals surface area contributed by atoms with Crippen LogP contribution in [0.3, 0.4) is 0 Å². The third-order valence-corrected chi connectivity index (χ3v) is 15.2. The van der Waals surface area contributed by atoms with Crippen LogP contribution in [-0.4, -0.2) is 14.5 Å². The van der Waals surface area contributed by atoms with Gasteiger partial charge >= 0.3 is 330 Å². The Morgan fingerprint density at radius 2 is 0.733 bits per heavy atom. The molecule has 0 aliphatic carbocycles. The van der Waals surface area contributed by atoms with Crippen LogP contribution < -0.4 is 0 Å².